The molecule has 0 radical (unpaired) electrons. The minimum Gasteiger partial charge on any atom is -0.507 e. The van der Waals surface area contributed by atoms with E-state index in [2.05, 4.69) is 25.9 Å². The van der Waals surface area contributed by atoms with E-state index in [1.54, 1.807) is 6.07 Å². The SMILES string of the molecule is N#CC(=CNc1cccc(O)c1C(=O)C(F)(F)F)c1nn[nH]n1. The lowest BCUT2D eigenvalue weighted by Gasteiger charge is -2.12. The third kappa shape index (κ3) is 3.43. The average molecular weight is 324 g/mol. The molecule has 0 fully saturated rings. The number of carbonyl (C=O) groups excluding carboxylic acids is 1. The van der Waals surface area contributed by atoms with Gasteiger partial charge in [0.1, 0.15) is 17.4 Å². The lowest BCUT2D eigenvalue weighted by Crippen LogP contribution is -2.23. The topological polar surface area (TPSA) is 128 Å². The van der Waals surface area contributed by atoms with Crippen LogP contribution in [0.4, 0.5) is 18.9 Å². The van der Waals surface area contributed by atoms with Crippen molar-refractivity contribution >= 4 is 17.0 Å². The Morgan fingerprint density at radius 1 is 1.43 bits per heavy atom. The lowest BCUT2D eigenvalue weighted by atomic mass is 10.1. The number of tetrazole rings is 1. The molecule has 0 saturated heterocycles. The number of halogens is 3. The molecule has 0 bridgehead atoms. The second-order valence-electron chi connectivity index (χ2n) is 4.08. The minimum atomic E-state index is -5.16. The van der Waals surface area contributed by atoms with E-state index in [1.165, 1.54) is 6.07 Å². The van der Waals surface area contributed by atoms with Crippen LogP contribution >= 0.6 is 0 Å². The molecule has 1 heterocycles. The number of alkyl halides is 3. The van der Waals surface area contributed by atoms with Crippen molar-refractivity contribution in [2.45, 2.75) is 6.18 Å². The van der Waals surface area contributed by atoms with Crippen LogP contribution < -0.4 is 5.32 Å². The van der Waals surface area contributed by atoms with Crippen LogP contribution in [0.25, 0.3) is 5.57 Å². The van der Waals surface area contributed by atoms with Crippen LogP contribution in [0, 0.1) is 11.3 Å². The van der Waals surface area contributed by atoms with Gasteiger partial charge >= 0.3 is 6.18 Å². The van der Waals surface area contributed by atoms with E-state index in [1.807, 2.05) is 0 Å². The number of phenolic OH excluding ortho intramolecular Hbond substituents is 1. The average Bonchev–Trinajstić information content (AvgIpc) is 3.00. The number of ketones is 1. The Labute approximate surface area is 126 Å². The van der Waals surface area contributed by atoms with E-state index in [4.69, 9.17) is 5.26 Å². The van der Waals surface area contributed by atoms with Crippen LogP contribution in [-0.4, -0.2) is 37.7 Å². The maximum absolute atomic E-state index is 12.6. The number of aromatic nitrogens is 4. The summed E-state index contributed by atoms with van der Waals surface area (Å²) in [6, 6.07) is 5.03. The number of rotatable bonds is 4. The molecule has 2 aromatic rings. The quantitative estimate of drug-likeness (QED) is 0.576. The third-order valence-corrected chi connectivity index (χ3v) is 2.61. The van der Waals surface area contributed by atoms with Gasteiger partial charge < -0.3 is 10.4 Å². The zero-order valence-electron chi connectivity index (χ0n) is 11.1. The van der Waals surface area contributed by atoms with Gasteiger partial charge in [-0.05, 0) is 17.3 Å². The first-order valence-electron chi connectivity index (χ1n) is 5.88. The second kappa shape index (κ2) is 6.14. The second-order valence-corrected chi connectivity index (χ2v) is 4.08. The summed E-state index contributed by atoms with van der Waals surface area (Å²) in [7, 11) is 0. The van der Waals surface area contributed by atoms with Crippen molar-refractivity contribution in [3.8, 4) is 11.8 Å². The summed E-state index contributed by atoms with van der Waals surface area (Å²) in [5, 5.41) is 33.3. The Morgan fingerprint density at radius 2 is 2.17 bits per heavy atom. The molecule has 0 aliphatic heterocycles. The molecule has 2 rings (SSSR count). The molecule has 0 unspecified atom stereocenters. The Bertz CT molecular complexity index is 792. The van der Waals surface area contributed by atoms with Crippen LogP contribution in [0.15, 0.2) is 24.4 Å². The fourth-order valence-corrected chi connectivity index (χ4v) is 1.61. The number of hydrogen-bond donors (Lipinski definition) is 3. The molecule has 23 heavy (non-hydrogen) atoms. The lowest BCUT2D eigenvalue weighted by molar-refractivity contribution is -0.0886. The molecule has 3 N–H and O–H groups in total. The number of aromatic amines is 1. The largest absolute Gasteiger partial charge is 0.507 e. The highest BCUT2D eigenvalue weighted by atomic mass is 19.4. The van der Waals surface area contributed by atoms with Gasteiger partial charge in [-0.25, -0.2) is 0 Å². The molecular formula is C12H7F3N6O2. The van der Waals surface area contributed by atoms with E-state index in [-0.39, 0.29) is 17.1 Å². The Balaban J connectivity index is 2.40. The van der Waals surface area contributed by atoms with Crippen molar-refractivity contribution < 1.29 is 23.1 Å². The highest BCUT2D eigenvalue weighted by Crippen LogP contribution is 2.32. The highest BCUT2D eigenvalue weighted by molar-refractivity contribution is 6.07. The van der Waals surface area contributed by atoms with E-state index in [0.717, 1.165) is 18.3 Å². The Morgan fingerprint density at radius 3 is 2.74 bits per heavy atom. The molecule has 0 aliphatic carbocycles. The van der Waals surface area contributed by atoms with Crippen molar-refractivity contribution in [3.63, 3.8) is 0 Å². The summed E-state index contributed by atoms with van der Waals surface area (Å²) < 4.78 is 37.8. The molecule has 11 heteroatoms. The van der Waals surface area contributed by atoms with Crippen LogP contribution in [0.2, 0.25) is 0 Å². The molecule has 0 aliphatic rings. The van der Waals surface area contributed by atoms with Gasteiger partial charge in [-0.1, -0.05) is 6.07 Å². The minimum absolute atomic E-state index is 0.0937. The zero-order valence-corrected chi connectivity index (χ0v) is 11.1. The number of benzene rings is 1. The Kier molecular flexibility index (Phi) is 4.26. The van der Waals surface area contributed by atoms with Crippen LogP contribution in [0.5, 0.6) is 5.75 Å². The molecule has 0 spiro atoms. The number of phenols is 1. The Hall–Kier alpha value is -3.42. The number of nitrogens with zero attached hydrogens (tertiary/aromatic N) is 4. The molecule has 0 saturated carbocycles. The summed E-state index contributed by atoms with van der Waals surface area (Å²) in [6.07, 6.45) is -4.17. The van der Waals surface area contributed by atoms with Crippen molar-refractivity contribution in [1.29, 1.82) is 5.26 Å². The van der Waals surface area contributed by atoms with Gasteiger partial charge in [0.05, 0.1) is 11.3 Å². The van der Waals surface area contributed by atoms with Gasteiger partial charge in [-0.15, -0.1) is 10.2 Å². The van der Waals surface area contributed by atoms with Crippen molar-refractivity contribution in [2.75, 3.05) is 5.32 Å². The van der Waals surface area contributed by atoms with Crippen LogP contribution in [0.3, 0.4) is 0 Å². The first-order chi connectivity index (χ1) is 10.8. The number of hydrogen-bond acceptors (Lipinski definition) is 7. The maximum atomic E-state index is 12.6. The zero-order chi connectivity index (χ0) is 17.0. The van der Waals surface area contributed by atoms with Gasteiger partial charge in [0.15, 0.2) is 0 Å². The number of nitrogens with one attached hydrogen (secondary N) is 2. The van der Waals surface area contributed by atoms with Gasteiger partial charge in [0.25, 0.3) is 5.78 Å². The number of Topliss-reactive ketones (excluding diaryl/α,β-unsaturated/α-hetero) is 1. The predicted molar refractivity (Wildman–Crippen MR) is 69.9 cm³/mol. The molecular weight excluding hydrogens is 317 g/mol. The summed E-state index contributed by atoms with van der Waals surface area (Å²) >= 11 is 0. The summed E-state index contributed by atoms with van der Waals surface area (Å²) in [6.45, 7) is 0. The number of carbonyl (C=O) groups is 1. The van der Waals surface area contributed by atoms with Crippen molar-refractivity contribution in [3.05, 3.63) is 35.8 Å². The van der Waals surface area contributed by atoms with Gasteiger partial charge in [-0.2, -0.15) is 23.6 Å². The first kappa shape index (κ1) is 16.0. The third-order valence-electron chi connectivity index (χ3n) is 2.61. The van der Waals surface area contributed by atoms with E-state index in [0.29, 0.717) is 0 Å². The summed E-state index contributed by atoms with van der Waals surface area (Å²) in [5.74, 6) is -3.16. The highest BCUT2D eigenvalue weighted by Gasteiger charge is 2.41. The van der Waals surface area contributed by atoms with E-state index < -0.39 is 23.3 Å². The number of nitriles is 1. The van der Waals surface area contributed by atoms with Gasteiger partial charge in [-0.3, -0.25) is 4.79 Å². The molecule has 1 aromatic carbocycles. The summed E-state index contributed by atoms with van der Waals surface area (Å²) in [4.78, 5) is 11.4. The van der Waals surface area contributed by atoms with Crippen molar-refractivity contribution in [2.24, 2.45) is 0 Å². The molecule has 8 nitrogen and oxygen atoms in total. The summed E-state index contributed by atoms with van der Waals surface area (Å²) in [5.41, 5.74) is -1.43. The van der Waals surface area contributed by atoms with Gasteiger partial charge in [0.2, 0.25) is 5.82 Å². The number of anilines is 1. The molecule has 0 atom stereocenters. The number of H-pyrrole nitrogens is 1. The first-order valence-corrected chi connectivity index (χ1v) is 5.88. The van der Waals surface area contributed by atoms with Crippen LogP contribution in [0.1, 0.15) is 16.2 Å². The van der Waals surface area contributed by atoms with Crippen molar-refractivity contribution in [1.82, 2.24) is 20.6 Å². The smallest absolute Gasteiger partial charge is 0.455 e. The van der Waals surface area contributed by atoms with Crippen LogP contribution in [-0.2, 0) is 0 Å². The normalized spacial score (nSPS) is 11.8. The number of allylic oxidation sites excluding steroid dienone is 1. The fraction of sp³-hybridized carbons (Fsp3) is 0.0833. The van der Waals surface area contributed by atoms with Gasteiger partial charge in [0, 0.05) is 6.20 Å². The monoisotopic (exact) mass is 324 g/mol. The standard InChI is InChI=1S/C12H7F3N6O2/c13-12(14,15)10(23)9-7(2-1-3-8(9)22)17-5-6(4-16)11-18-20-21-19-11/h1-3,5,17,22H,(H,18,19,20,21). The molecule has 118 valence electrons. The van der Waals surface area contributed by atoms with E-state index >= 15 is 0 Å². The predicted octanol–water partition coefficient (Wildman–Crippen LogP) is 1.63. The fourth-order valence-electron chi connectivity index (χ4n) is 1.61. The molecule has 0 amide bonds. The maximum Gasteiger partial charge on any atom is 0.455 e. The van der Waals surface area contributed by atoms with E-state index in [9.17, 15) is 23.1 Å². The molecule has 1 aromatic heterocycles. The number of aromatic hydroxyl groups is 1.